The lowest BCUT2D eigenvalue weighted by Gasteiger charge is -2.06. The fourth-order valence-corrected chi connectivity index (χ4v) is 3.61. The largest absolute Gasteiger partial charge is 0.441 e. The van der Waals surface area contributed by atoms with E-state index >= 15 is 0 Å². The molecule has 0 aliphatic heterocycles. The molecule has 30 heavy (non-hydrogen) atoms. The molecule has 0 saturated heterocycles. The van der Waals surface area contributed by atoms with Crippen LogP contribution >= 0.6 is 11.8 Å². The second kappa shape index (κ2) is 8.54. The van der Waals surface area contributed by atoms with Gasteiger partial charge in [0.25, 0.3) is 0 Å². The van der Waals surface area contributed by atoms with E-state index in [9.17, 15) is 8.78 Å². The first-order valence-corrected chi connectivity index (χ1v) is 9.90. The van der Waals surface area contributed by atoms with E-state index < -0.39 is 6.61 Å². The van der Waals surface area contributed by atoms with Gasteiger partial charge in [-0.15, -0.1) is 10.2 Å². The van der Waals surface area contributed by atoms with Gasteiger partial charge in [-0.3, -0.25) is 0 Å². The van der Waals surface area contributed by atoms with Crippen molar-refractivity contribution in [3.63, 3.8) is 0 Å². The number of nitrogens with zero attached hydrogens (tertiary/aromatic N) is 4. The highest BCUT2D eigenvalue weighted by Gasteiger charge is 2.16. The summed E-state index contributed by atoms with van der Waals surface area (Å²) in [5, 5.41) is 8.70. The number of hydrogen-bond acceptors (Lipinski definition) is 7. The third-order valence-corrected chi connectivity index (χ3v) is 5.21. The maximum Gasteiger partial charge on any atom is 0.387 e. The van der Waals surface area contributed by atoms with Crippen LogP contribution in [0.15, 0.2) is 64.2 Å². The first kappa shape index (κ1) is 19.9. The molecular weight excluding hydrogens is 412 g/mol. The fraction of sp³-hybridized carbons (Fsp3) is 0.150. The van der Waals surface area contributed by atoms with Crippen molar-refractivity contribution in [2.24, 2.45) is 0 Å². The van der Waals surface area contributed by atoms with E-state index in [-0.39, 0.29) is 5.75 Å². The molecule has 0 fully saturated rings. The molecule has 4 rings (SSSR count). The molecule has 2 heterocycles. The maximum absolute atomic E-state index is 12.3. The lowest BCUT2D eigenvalue weighted by atomic mass is 10.2. The lowest BCUT2D eigenvalue weighted by molar-refractivity contribution is -0.0498. The number of thioether (sulfide) groups is 1. The van der Waals surface area contributed by atoms with Gasteiger partial charge < -0.3 is 15.0 Å². The van der Waals surface area contributed by atoms with Crippen molar-refractivity contribution in [1.82, 2.24) is 19.9 Å². The Hall–Kier alpha value is -3.40. The molecule has 0 aliphatic rings. The number of hydrogen-bond donors (Lipinski definition) is 1. The number of nitrogens with two attached hydrogens (primary N) is 1. The molecule has 0 unspecified atom stereocenters. The first-order chi connectivity index (χ1) is 14.5. The van der Waals surface area contributed by atoms with Gasteiger partial charge in [0, 0.05) is 16.9 Å². The number of halogens is 2. The van der Waals surface area contributed by atoms with Crippen molar-refractivity contribution >= 4 is 11.8 Å². The minimum Gasteiger partial charge on any atom is -0.441 e. The Morgan fingerprint density at radius 2 is 1.80 bits per heavy atom. The van der Waals surface area contributed by atoms with Crippen LogP contribution in [0.1, 0.15) is 11.5 Å². The standard InChI is InChI=1S/C20H17F2N5O2S/c1-12-16(24-18(28-12)14-5-3-2-4-6-14)11-30-20-26-25-17(27(20)23)13-7-9-15(10-8-13)29-19(21)22/h2-10,19H,11,23H2,1H3. The lowest BCUT2D eigenvalue weighted by Crippen LogP contribution is -2.11. The van der Waals surface area contributed by atoms with Crippen LogP contribution in [-0.2, 0) is 5.75 Å². The molecule has 0 atom stereocenters. The maximum atomic E-state index is 12.3. The number of aryl methyl sites for hydroxylation is 1. The Labute approximate surface area is 174 Å². The molecular formula is C20H17F2N5O2S. The van der Waals surface area contributed by atoms with Crippen molar-refractivity contribution < 1.29 is 17.9 Å². The molecule has 2 aromatic heterocycles. The molecule has 0 amide bonds. The summed E-state index contributed by atoms with van der Waals surface area (Å²) in [4.78, 5) is 4.56. The van der Waals surface area contributed by atoms with E-state index in [4.69, 9.17) is 10.3 Å². The van der Waals surface area contributed by atoms with Gasteiger partial charge in [-0.2, -0.15) is 8.78 Å². The summed E-state index contributed by atoms with van der Waals surface area (Å²) in [7, 11) is 0. The number of rotatable bonds is 7. The van der Waals surface area contributed by atoms with Gasteiger partial charge in [0.05, 0.1) is 5.69 Å². The highest BCUT2D eigenvalue weighted by Crippen LogP contribution is 2.28. The molecule has 0 radical (unpaired) electrons. The summed E-state index contributed by atoms with van der Waals surface area (Å²) in [6, 6.07) is 15.7. The minimum absolute atomic E-state index is 0.0576. The van der Waals surface area contributed by atoms with Crippen LogP contribution < -0.4 is 10.6 Å². The van der Waals surface area contributed by atoms with Crippen LogP contribution in [0.5, 0.6) is 5.75 Å². The highest BCUT2D eigenvalue weighted by molar-refractivity contribution is 7.98. The number of alkyl halides is 2. The summed E-state index contributed by atoms with van der Waals surface area (Å²) in [5.41, 5.74) is 2.32. The number of aromatic nitrogens is 4. The van der Waals surface area contributed by atoms with Gasteiger partial charge in [0.15, 0.2) is 5.82 Å². The fourth-order valence-electron chi connectivity index (χ4n) is 2.76. The minimum atomic E-state index is -2.88. The third kappa shape index (κ3) is 4.28. The Kier molecular flexibility index (Phi) is 5.66. The van der Waals surface area contributed by atoms with Gasteiger partial charge >= 0.3 is 6.61 Å². The van der Waals surface area contributed by atoms with Crippen LogP contribution in [-0.4, -0.2) is 26.5 Å². The molecule has 0 saturated carbocycles. The van der Waals surface area contributed by atoms with Crippen LogP contribution in [0.25, 0.3) is 22.8 Å². The first-order valence-electron chi connectivity index (χ1n) is 8.91. The zero-order valence-corrected chi connectivity index (χ0v) is 16.6. The van der Waals surface area contributed by atoms with Gasteiger partial charge in [-0.05, 0) is 43.3 Å². The van der Waals surface area contributed by atoms with Crippen LogP contribution in [0.4, 0.5) is 8.78 Å². The SMILES string of the molecule is Cc1oc(-c2ccccc2)nc1CSc1nnc(-c2ccc(OC(F)F)cc2)n1N. The van der Waals surface area contributed by atoms with Crippen molar-refractivity contribution in [2.45, 2.75) is 24.4 Å². The highest BCUT2D eigenvalue weighted by atomic mass is 32.2. The van der Waals surface area contributed by atoms with Crippen molar-refractivity contribution in [2.75, 3.05) is 5.84 Å². The molecule has 2 N–H and O–H groups in total. The predicted octanol–water partition coefficient (Wildman–Crippen LogP) is 4.52. The van der Waals surface area contributed by atoms with Crippen molar-refractivity contribution in [1.29, 1.82) is 0 Å². The zero-order valence-electron chi connectivity index (χ0n) is 15.8. The Morgan fingerprint density at radius 3 is 2.50 bits per heavy atom. The Balaban J connectivity index is 1.47. The molecule has 7 nitrogen and oxygen atoms in total. The van der Waals surface area contributed by atoms with Crippen LogP contribution in [0, 0.1) is 6.92 Å². The molecule has 10 heteroatoms. The van der Waals surface area contributed by atoms with E-state index in [1.165, 1.54) is 28.6 Å². The van der Waals surface area contributed by atoms with Gasteiger partial charge in [-0.25, -0.2) is 9.66 Å². The van der Waals surface area contributed by atoms with Gasteiger partial charge in [-0.1, -0.05) is 30.0 Å². The van der Waals surface area contributed by atoms with Gasteiger partial charge in [0.2, 0.25) is 11.0 Å². The number of nitrogen functional groups attached to an aromatic ring is 1. The number of benzene rings is 2. The molecule has 0 spiro atoms. The summed E-state index contributed by atoms with van der Waals surface area (Å²) in [6.45, 7) is -1.02. The van der Waals surface area contributed by atoms with Crippen LogP contribution in [0.3, 0.4) is 0 Å². The predicted molar refractivity (Wildman–Crippen MR) is 108 cm³/mol. The van der Waals surface area contributed by atoms with Crippen molar-refractivity contribution in [3.05, 3.63) is 66.1 Å². The molecule has 154 valence electrons. The number of oxazole rings is 1. The Bertz CT molecular complexity index is 1130. The average molecular weight is 429 g/mol. The summed E-state index contributed by atoms with van der Waals surface area (Å²) in [5.74, 6) is 8.37. The topological polar surface area (TPSA) is 92.0 Å². The van der Waals surface area contributed by atoms with Crippen LogP contribution in [0.2, 0.25) is 0 Å². The van der Waals surface area contributed by atoms with Gasteiger partial charge in [0.1, 0.15) is 11.5 Å². The Morgan fingerprint density at radius 1 is 1.07 bits per heavy atom. The molecule has 0 aliphatic carbocycles. The smallest absolute Gasteiger partial charge is 0.387 e. The molecule has 2 aromatic carbocycles. The van der Waals surface area contributed by atoms with Crippen molar-refractivity contribution in [3.8, 4) is 28.6 Å². The molecule has 4 aromatic rings. The second-order valence-electron chi connectivity index (χ2n) is 6.26. The normalized spacial score (nSPS) is 11.2. The molecule has 0 bridgehead atoms. The summed E-state index contributed by atoms with van der Waals surface area (Å²) in [6.07, 6.45) is 0. The zero-order chi connectivity index (χ0) is 21.1. The van der Waals surface area contributed by atoms with E-state index in [1.54, 1.807) is 12.1 Å². The number of ether oxygens (including phenoxy) is 1. The monoisotopic (exact) mass is 429 g/mol. The summed E-state index contributed by atoms with van der Waals surface area (Å²) < 4.78 is 36.0. The third-order valence-electron chi connectivity index (χ3n) is 4.25. The summed E-state index contributed by atoms with van der Waals surface area (Å²) >= 11 is 1.37. The van der Waals surface area contributed by atoms with E-state index in [0.29, 0.717) is 28.2 Å². The van der Waals surface area contributed by atoms with E-state index in [0.717, 1.165) is 17.0 Å². The van der Waals surface area contributed by atoms with E-state index in [1.807, 2.05) is 37.3 Å². The average Bonchev–Trinajstić information content (AvgIpc) is 3.30. The quantitative estimate of drug-likeness (QED) is 0.341. The second-order valence-corrected chi connectivity index (χ2v) is 7.20. The van der Waals surface area contributed by atoms with E-state index in [2.05, 4.69) is 19.9 Å².